The fourth-order valence-corrected chi connectivity index (χ4v) is 4.84. The summed E-state index contributed by atoms with van der Waals surface area (Å²) in [6.07, 6.45) is -0.527. The second kappa shape index (κ2) is 8.39. The van der Waals surface area contributed by atoms with E-state index in [9.17, 15) is 23.1 Å². The number of carbonyl (C=O) groups excluding carboxylic acids is 1. The van der Waals surface area contributed by atoms with Crippen LogP contribution >= 0.6 is 0 Å². The van der Waals surface area contributed by atoms with Crippen molar-refractivity contribution in [1.29, 1.82) is 5.26 Å². The number of anilines is 1. The highest BCUT2D eigenvalue weighted by molar-refractivity contribution is 5.92. The summed E-state index contributed by atoms with van der Waals surface area (Å²) in [5.74, 6) is -0.302. The van der Waals surface area contributed by atoms with Crippen LogP contribution < -0.4 is 4.90 Å². The van der Waals surface area contributed by atoms with Crippen LogP contribution in [0, 0.1) is 22.7 Å². The first-order valence-corrected chi connectivity index (χ1v) is 10.3. The maximum absolute atomic E-state index is 13.4. The van der Waals surface area contributed by atoms with Crippen LogP contribution in [-0.2, 0) is 6.18 Å². The number of aromatic nitrogens is 2. The van der Waals surface area contributed by atoms with Crippen LogP contribution in [0.5, 0.6) is 0 Å². The topological polar surface area (TPSA) is 93.4 Å². The molecule has 1 aromatic carbocycles. The summed E-state index contributed by atoms with van der Waals surface area (Å²) in [6.45, 7) is 1.78. The highest BCUT2D eigenvalue weighted by atomic mass is 19.4. The van der Waals surface area contributed by atoms with E-state index in [0.29, 0.717) is 50.4 Å². The molecule has 168 valence electrons. The van der Waals surface area contributed by atoms with Crippen molar-refractivity contribution >= 4 is 11.6 Å². The van der Waals surface area contributed by atoms with Crippen molar-refractivity contribution in [3.8, 4) is 6.07 Å². The van der Waals surface area contributed by atoms with Gasteiger partial charge in [0.05, 0.1) is 17.2 Å². The predicted octanol–water partition coefficient (Wildman–Crippen LogP) is 2.72. The number of nitrogens with zero attached hydrogens (tertiary/aromatic N) is 5. The molecule has 0 aliphatic carbocycles. The van der Waals surface area contributed by atoms with E-state index in [1.54, 1.807) is 17.0 Å². The standard InChI is InChI=1S/C22H22F3N5O2/c23-22(24,25)18-9-17(2-1-15(18)10-26)30-11-16(12-31)21(13-30)4-7-29(8-5-21)20(32)19-3-6-27-14-28-19/h1-3,6,9,14,16,31H,4-5,7-8,11-13H2. The Morgan fingerprint density at radius 3 is 2.62 bits per heavy atom. The van der Waals surface area contributed by atoms with Gasteiger partial charge in [0, 0.05) is 50.6 Å². The number of likely N-dealkylation sites (tertiary alicyclic amines) is 1. The average Bonchev–Trinajstić information content (AvgIpc) is 3.16. The molecule has 1 N–H and O–H groups in total. The van der Waals surface area contributed by atoms with Crippen LogP contribution in [0.1, 0.15) is 34.5 Å². The number of piperidine rings is 1. The Hall–Kier alpha value is -3.19. The minimum Gasteiger partial charge on any atom is -0.396 e. The lowest BCUT2D eigenvalue weighted by Crippen LogP contribution is -2.47. The molecule has 7 nitrogen and oxygen atoms in total. The monoisotopic (exact) mass is 445 g/mol. The normalized spacial score (nSPS) is 20.4. The number of hydrogen-bond donors (Lipinski definition) is 1. The van der Waals surface area contributed by atoms with Crippen molar-refractivity contribution in [1.82, 2.24) is 14.9 Å². The van der Waals surface area contributed by atoms with Crippen LogP contribution in [-0.4, -0.2) is 58.7 Å². The fraction of sp³-hybridized carbons (Fsp3) is 0.455. The van der Waals surface area contributed by atoms with Gasteiger partial charge >= 0.3 is 6.18 Å². The number of alkyl halides is 3. The zero-order valence-electron chi connectivity index (χ0n) is 17.2. The molecule has 0 bridgehead atoms. The maximum Gasteiger partial charge on any atom is 0.417 e. The molecule has 1 unspecified atom stereocenters. The third kappa shape index (κ3) is 4.00. The van der Waals surface area contributed by atoms with Gasteiger partial charge in [-0.15, -0.1) is 0 Å². The van der Waals surface area contributed by atoms with Crippen molar-refractivity contribution in [3.05, 3.63) is 53.6 Å². The SMILES string of the molecule is N#Cc1ccc(N2CC(CO)C3(CCN(C(=O)c4ccncn4)CC3)C2)cc1C(F)(F)F. The largest absolute Gasteiger partial charge is 0.417 e. The van der Waals surface area contributed by atoms with Crippen molar-refractivity contribution < 1.29 is 23.1 Å². The molecule has 2 aliphatic heterocycles. The smallest absolute Gasteiger partial charge is 0.396 e. The first kappa shape index (κ1) is 22.0. The van der Waals surface area contributed by atoms with Crippen LogP contribution in [0.25, 0.3) is 0 Å². The summed E-state index contributed by atoms with van der Waals surface area (Å²) in [4.78, 5) is 24.1. The molecule has 2 fully saturated rings. The molecular weight excluding hydrogens is 423 g/mol. The van der Waals surface area contributed by atoms with E-state index in [2.05, 4.69) is 9.97 Å². The maximum atomic E-state index is 13.4. The van der Waals surface area contributed by atoms with E-state index in [4.69, 9.17) is 5.26 Å². The number of amides is 1. The molecule has 1 atom stereocenters. The lowest BCUT2D eigenvalue weighted by atomic mass is 9.71. The molecule has 1 amide bonds. The van der Waals surface area contributed by atoms with E-state index < -0.39 is 17.3 Å². The Labute approximate surface area is 183 Å². The van der Waals surface area contributed by atoms with Gasteiger partial charge in [-0.1, -0.05) is 0 Å². The molecular formula is C22H22F3N5O2. The third-order valence-corrected chi connectivity index (χ3v) is 6.67. The van der Waals surface area contributed by atoms with E-state index in [0.717, 1.165) is 6.07 Å². The molecule has 10 heteroatoms. The number of carbonyl (C=O) groups is 1. The van der Waals surface area contributed by atoms with Gasteiger partial charge in [0.15, 0.2) is 0 Å². The molecule has 1 spiro atoms. The van der Waals surface area contributed by atoms with E-state index in [1.165, 1.54) is 24.7 Å². The van der Waals surface area contributed by atoms with Crippen LogP contribution in [0.2, 0.25) is 0 Å². The number of hydrogen-bond acceptors (Lipinski definition) is 6. The zero-order chi connectivity index (χ0) is 22.9. The molecule has 2 aromatic rings. The summed E-state index contributed by atoms with van der Waals surface area (Å²) in [5, 5.41) is 19.1. The molecule has 2 saturated heterocycles. The van der Waals surface area contributed by atoms with Crippen LogP contribution in [0.4, 0.5) is 18.9 Å². The van der Waals surface area contributed by atoms with Gasteiger partial charge in [-0.25, -0.2) is 9.97 Å². The first-order chi connectivity index (χ1) is 15.3. The number of rotatable bonds is 3. The van der Waals surface area contributed by atoms with E-state index in [1.807, 2.05) is 4.90 Å². The summed E-state index contributed by atoms with van der Waals surface area (Å²) >= 11 is 0. The molecule has 4 rings (SSSR count). The van der Waals surface area contributed by atoms with E-state index >= 15 is 0 Å². The molecule has 0 radical (unpaired) electrons. The van der Waals surface area contributed by atoms with Crippen molar-refractivity contribution in [2.24, 2.45) is 11.3 Å². The second-order valence-corrected chi connectivity index (χ2v) is 8.35. The summed E-state index contributed by atoms with van der Waals surface area (Å²) in [6, 6.07) is 6.89. The summed E-state index contributed by atoms with van der Waals surface area (Å²) < 4.78 is 40.2. The third-order valence-electron chi connectivity index (χ3n) is 6.67. The van der Waals surface area contributed by atoms with E-state index in [-0.39, 0.29) is 23.8 Å². The average molecular weight is 445 g/mol. The minimum atomic E-state index is -4.62. The Morgan fingerprint density at radius 2 is 2.03 bits per heavy atom. The lowest BCUT2D eigenvalue weighted by molar-refractivity contribution is -0.137. The van der Waals surface area contributed by atoms with Gasteiger partial charge in [0.2, 0.25) is 0 Å². The minimum absolute atomic E-state index is 0.0846. The van der Waals surface area contributed by atoms with Crippen molar-refractivity contribution in [2.45, 2.75) is 19.0 Å². The number of benzene rings is 1. The Bertz CT molecular complexity index is 1030. The molecule has 1 aromatic heterocycles. The van der Waals surface area contributed by atoms with Crippen LogP contribution in [0.15, 0.2) is 36.8 Å². The molecule has 3 heterocycles. The van der Waals surface area contributed by atoms with Gasteiger partial charge in [0.25, 0.3) is 5.91 Å². The summed E-state index contributed by atoms with van der Waals surface area (Å²) in [5.41, 5.74) is -0.968. The fourth-order valence-electron chi connectivity index (χ4n) is 4.84. The van der Waals surface area contributed by atoms with Crippen molar-refractivity contribution in [2.75, 3.05) is 37.7 Å². The highest BCUT2D eigenvalue weighted by Gasteiger charge is 2.48. The predicted molar refractivity (Wildman–Crippen MR) is 109 cm³/mol. The van der Waals surface area contributed by atoms with Gasteiger partial charge in [-0.2, -0.15) is 18.4 Å². The Kier molecular flexibility index (Phi) is 5.77. The van der Waals surface area contributed by atoms with Gasteiger partial charge in [-0.05, 0) is 42.5 Å². The highest BCUT2D eigenvalue weighted by Crippen LogP contribution is 2.46. The number of nitriles is 1. The van der Waals surface area contributed by atoms with Gasteiger partial charge in [-0.3, -0.25) is 4.79 Å². The molecule has 2 aliphatic rings. The number of aliphatic hydroxyl groups excluding tert-OH is 1. The second-order valence-electron chi connectivity index (χ2n) is 8.35. The quantitative estimate of drug-likeness (QED) is 0.781. The number of halogens is 3. The number of aliphatic hydroxyl groups is 1. The zero-order valence-corrected chi connectivity index (χ0v) is 17.2. The Balaban J connectivity index is 1.52. The lowest BCUT2D eigenvalue weighted by Gasteiger charge is -2.42. The van der Waals surface area contributed by atoms with Gasteiger partial charge in [0.1, 0.15) is 12.0 Å². The molecule has 0 saturated carbocycles. The van der Waals surface area contributed by atoms with Gasteiger partial charge < -0.3 is 14.9 Å². The Morgan fingerprint density at radius 1 is 1.28 bits per heavy atom. The first-order valence-electron chi connectivity index (χ1n) is 10.3. The molecule has 32 heavy (non-hydrogen) atoms. The summed E-state index contributed by atoms with van der Waals surface area (Å²) in [7, 11) is 0. The van der Waals surface area contributed by atoms with Crippen molar-refractivity contribution in [3.63, 3.8) is 0 Å². The van der Waals surface area contributed by atoms with Crippen LogP contribution in [0.3, 0.4) is 0 Å².